The summed E-state index contributed by atoms with van der Waals surface area (Å²) in [4.78, 5) is 0. The number of rotatable bonds is 4. The van der Waals surface area contributed by atoms with E-state index in [-0.39, 0.29) is 5.11 Å². The Labute approximate surface area is 144 Å². The quantitative estimate of drug-likeness (QED) is 0.812. The van der Waals surface area contributed by atoms with E-state index in [1.54, 1.807) is 0 Å². The minimum Gasteiger partial charge on any atom is -0.358 e. The maximum atomic E-state index is 12.7. The molecule has 0 aliphatic carbocycles. The fraction of sp³-hybridized carbons (Fsp3) is 0.375. The molecular weight excluding hydrogens is 337 g/mol. The van der Waals surface area contributed by atoms with E-state index in [0.29, 0.717) is 12.2 Å². The largest absolute Gasteiger partial charge is 0.416 e. The van der Waals surface area contributed by atoms with Gasteiger partial charge in [-0.2, -0.15) is 18.3 Å². The number of thiocarbonyl (C=S) groups is 1. The Morgan fingerprint density at radius 3 is 2.58 bits per heavy atom. The first-order valence-corrected chi connectivity index (χ1v) is 7.88. The van der Waals surface area contributed by atoms with Crippen molar-refractivity contribution in [2.45, 2.75) is 40.0 Å². The highest BCUT2D eigenvalue weighted by Gasteiger charge is 2.30. The van der Waals surface area contributed by atoms with E-state index in [4.69, 9.17) is 12.2 Å². The van der Waals surface area contributed by atoms with E-state index in [1.165, 1.54) is 12.1 Å². The highest BCUT2D eigenvalue weighted by Crippen LogP contribution is 2.30. The minimum absolute atomic E-state index is 0.261. The molecule has 0 radical (unpaired) electrons. The molecule has 130 valence electrons. The highest BCUT2D eigenvalue weighted by atomic mass is 32.1. The molecule has 0 aliphatic rings. The van der Waals surface area contributed by atoms with Crippen LogP contribution < -0.4 is 10.6 Å². The molecule has 8 heteroatoms. The van der Waals surface area contributed by atoms with Crippen LogP contribution in [0.3, 0.4) is 0 Å². The second kappa shape index (κ2) is 7.21. The Balaban J connectivity index is 2.01. The lowest BCUT2D eigenvalue weighted by Crippen LogP contribution is -2.28. The third-order valence-electron chi connectivity index (χ3n) is 3.70. The van der Waals surface area contributed by atoms with E-state index in [9.17, 15) is 13.2 Å². The van der Waals surface area contributed by atoms with E-state index in [1.807, 2.05) is 25.5 Å². The van der Waals surface area contributed by atoms with Gasteiger partial charge in [-0.05, 0) is 51.2 Å². The molecule has 4 nitrogen and oxygen atoms in total. The summed E-state index contributed by atoms with van der Waals surface area (Å²) >= 11 is 5.16. The van der Waals surface area contributed by atoms with Crippen molar-refractivity contribution in [1.29, 1.82) is 0 Å². The molecule has 24 heavy (non-hydrogen) atoms. The van der Waals surface area contributed by atoms with E-state index < -0.39 is 11.7 Å². The van der Waals surface area contributed by atoms with Crippen LogP contribution in [0.5, 0.6) is 0 Å². The monoisotopic (exact) mass is 356 g/mol. The zero-order chi connectivity index (χ0) is 17.9. The Morgan fingerprint density at radius 1 is 1.29 bits per heavy atom. The number of anilines is 1. The molecule has 2 aromatic rings. The van der Waals surface area contributed by atoms with E-state index in [2.05, 4.69) is 15.7 Å². The molecule has 0 fully saturated rings. The van der Waals surface area contributed by atoms with Crippen molar-refractivity contribution in [2.75, 3.05) is 5.32 Å². The summed E-state index contributed by atoms with van der Waals surface area (Å²) in [6, 6.07) is 4.93. The van der Waals surface area contributed by atoms with Crippen molar-refractivity contribution >= 4 is 23.0 Å². The average molecular weight is 356 g/mol. The van der Waals surface area contributed by atoms with Crippen molar-refractivity contribution in [2.24, 2.45) is 0 Å². The number of aryl methyl sites for hydroxylation is 2. The number of halogens is 3. The van der Waals surface area contributed by atoms with Crippen LogP contribution in [0, 0.1) is 13.8 Å². The molecule has 1 aromatic heterocycles. The van der Waals surface area contributed by atoms with Crippen molar-refractivity contribution in [3.8, 4) is 0 Å². The predicted molar refractivity (Wildman–Crippen MR) is 91.9 cm³/mol. The predicted octanol–water partition coefficient (Wildman–Crippen LogP) is 4.03. The van der Waals surface area contributed by atoms with Gasteiger partial charge in [-0.3, -0.25) is 4.68 Å². The highest BCUT2D eigenvalue weighted by molar-refractivity contribution is 7.80. The number of hydrogen-bond acceptors (Lipinski definition) is 2. The van der Waals surface area contributed by atoms with E-state index >= 15 is 0 Å². The molecule has 1 aromatic carbocycles. The minimum atomic E-state index is -4.38. The summed E-state index contributed by atoms with van der Waals surface area (Å²) in [7, 11) is 0. The number of aromatic nitrogens is 2. The maximum absolute atomic E-state index is 12.7. The van der Waals surface area contributed by atoms with Crippen LogP contribution in [-0.2, 0) is 19.3 Å². The fourth-order valence-corrected chi connectivity index (χ4v) is 2.60. The molecule has 0 aliphatic heterocycles. The molecular formula is C16H19F3N4S. The van der Waals surface area contributed by atoms with Crippen molar-refractivity contribution in [1.82, 2.24) is 15.1 Å². The first-order valence-electron chi connectivity index (χ1n) is 7.47. The summed E-state index contributed by atoms with van der Waals surface area (Å²) in [5.41, 5.74) is 2.56. The summed E-state index contributed by atoms with van der Waals surface area (Å²) in [5, 5.41) is 10.5. The standard InChI is InChI=1S/C16H19F3N4S/c1-4-23-11(3)14(10(2)22-23)9-20-15(24)21-13-7-5-6-12(8-13)16(17,18)19/h5-8H,4,9H2,1-3H3,(H2,20,21,24). The summed E-state index contributed by atoms with van der Waals surface area (Å²) in [6.07, 6.45) is -4.38. The third kappa shape index (κ3) is 4.25. The Morgan fingerprint density at radius 2 is 2.00 bits per heavy atom. The van der Waals surface area contributed by atoms with Crippen molar-refractivity contribution < 1.29 is 13.2 Å². The number of hydrogen-bond donors (Lipinski definition) is 2. The molecule has 0 saturated carbocycles. The zero-order valence-corrected chi connectivity index (χ0v) is 14.5. The molecule has 2 rings (SSSR count). The van der Waals surface area contributed by atoms with Gasteiger partial charge in [0.2, 0.25) is 0 Å². The van der Waals surface area contributed by atoms with Gasteiger partial charge in [0.25, 0.3) is 0 Å². The Bertz CT molecular complexity index is 737. The van der Waals surface area contributed by atoms with Crippen molar-refractivity contribution in [3.63, 3.8) is 0 Å². The molecule has 0 bridgehead atoms. The zero-order valence-electron chi connectivity index (χ0n) is 13.7. The van der Waals surface area contributed by atoms with Gasteiger partial charge < -0.3 is 10.6 Å². The van der Waals surface area contributed by atoms with Crippen molar-refractivity contribution in [3.05, 3.63) is 46.8 Å². The lowest BCUT2D eigenvalue weighted by Gasteiger charge is -2.13. The van der Waals surface area contributed by atoms with E-state index in [0.717, 1.165) is 35.6 Å². The second-order valence-electron chi connectivity index (χ2n) is 5.35. The van der Waals surface area contributed by atoms with Gasteiger partial charge in [-0.1, -0.05) is 6.07 Å². The van der Waals surface area contributed by atoms with Crippen LogP contribution in [0.15, 0.2) is 24.3 Å². The third-order valence-corrected chi connectivity index (χ3v) is 3.95. The molecule has 0 spiro atoms. The molecule has 1 heterocycles. The maximum Gasteiger partial charge on any atom is 0.416 e. The lowest BCUT2D eigenvalue weighted by molar-refractivity contribution is -0.137. The number of nitrogens with one attached hydrogen (secondary N) is 2. The molecule has 0 amide bonds. The first kappa shape index (κ1) is 18.3. The normalized spacial score (nSPS) is 11.4. The first-order chi connectivity index (χ1) is 11.2. The lowest BCUT2D eigenvalue weighted by atomic mass is 10.2. The van der Waals surface area contributed by atoms with Crippen LogP contribution in [0.25, 0.3) is 0 Å². The summed E-state index contributed by atoms with van der Waals surface area (Å²) < 4.78 is 40.0. The molecule has 0 saturated heterocycles. The Kier molecular flexibility index (Phi) is 5.48. The van der Waals surface area contributed by atoms with Crippen LogP contribution in [0.2, 0.25) is 0 Å². The van der Waals surface area contributed by atoms with Gasteiger partial charge in [0.05, 0.1) is 11.3 Å². The van der Waals surface area contributed by atoms with Gasteiger partial charge in [-0.25, -0.2) is 0 Å². The smallest absolute Gasteiger partial charge is 0.358 e. The number of benzene rings is 1. The summed E-state index contributed by atoms with van der Waals surface area (Å²) in [6.45, 7) is 7.14. The Hall–Kier alpha value is -2.09. The van der Waals surface area contributed by atoms with Crippen LogP contribution in [0.4, 0.5) is 18.9 Å². The van der Waals surface area contributed by atoms with Crippen LogP contribution in [-0.4, -0.2) is 14.9 Å². The summed E-state index contributed by atoms with van der Waals surface area (Å²) in [5.74, 6) is 0. The average Bonchev–Trinajstić information content (AvgIpc) is 2.78. The molecule has 0 atom stereocenters. The number of alkyl halides is 3. The van der Waals surface area contributed by atoms with Gasteiger partial charge in [0, 0.05) is 30.0 Å². The van der Waals surface area contributed by atoms with Crippen LogP contribution >= 0.6 is 12.2 Å². The van der Waals surface area contributed by atoms with Gasteiger partial charge >= 0.3 is 6.18 Å². The SMILES string of the molecule is CCn1nc(C)c(CNC(=S)Nc2cccc(C(F)(F)F)c2)c1C. The van der Waals surface area contributed by atoms with Gasteiger partial charge in [0.15, 0.2) is 5.11 Å². The number of nitrogens with zero attached hydrogens (tertiary/aromatic N) is 2. The van der Waals surface area contributed by atoms with Crippen LogP contribution in [0.1, 0.15) is 29.4 Å². The molecule has 0 unspecified atom stereocenters. The second-order valence-corrected chi connectivity index (χ2v) is 5.76. The fourth-order valence-electron chi connectivity index (χ4n) is 2.41. The van der Waals surface area contributed by atoms with Gasteiger partial charge in [0.1, 0.15) is 0 Å². The topological polar surface area (TPSA) is 41.9 Å². The molecule has 2 N–H and O–H groups in total. The van der Waals surface area contributed by atoms with Gasteiger partial charge in [-0.15, -0.1) is 0 Å².